The zero-order valence-electron chi connectivity index (χ0n) is 19.5. The molecule has 0 radical (unpaired) electrons. The van der Waals surface area contributed by atoms with E-state index in [-0.39, 0.29) is 21.6 Å². The van der Waals surface area contributed by atoms with Gasteiger partial charge >= 0.3 is 12.5 Å². The molecule has 1 N–H and O–H groups in total. The Balaban J connectivity index is 1.45. The summed E-state index contributed by atoms with van der Waals surface area (Å²) < 4.78 is 80.2. The third-order valence-electron chi connectivity index (χ3n) is 5.75. The molecule has 38 heavy (non-hydrogen) atoms. The first-order valence-electron chi connectivity index (χ1n) is 11.0. The third kappa shape index (κ3) is 6.31. The van der Waals surface area contributed by atoms with Gasteiger partial charge in [-0.25, -0.2) is 10.4 Å². The zero-order valence-corrected chi connectivity index (χ0v) is 20.3. The molecule has 2 aromatic carbocycles. The van der Waals surface area contributed by atoms with E-state index in [4.69, 9.17) is 0 Å². The first-order valence-corrected chi connectivity index (χ1v) is 11.8. The number of anilines is 1. The predicted molar refractivity (Wildman–Crippen MR) is 126 cm³/mol. The predicted octanol–water partition coefficient (Wildman–Crippen LogP) is 4.87. The molecule has 0 amide bonds. The van der Waals surface area contributed by atoms with Crippen LogP contribution in [0.1, 0.15) is 24.1 Å². The van der Waals surface area contributed by atoms with Crippen molar-refractivity contribution < 1.29 is 36.0 Å². The zero-order chi connectivity index (χ0) is 27.8. The number of halogens is 6. The summed E-state index contributed by atoms with van der Waals surface area (Å²) in [5.41, 5.74) is 0.831. The number of nitrogens with zero attached hydrogens (tertiary/aromatic N) is 4. The second-order valence-electron chi connectivity index (χ2n) is 8.37. The maximum absolute atomic E-state index is 13.2. The maximum Gasteiger partial charge on any atom is 0.573 e. The molecule has 9 nitrogen and oxygen atoms in total. The molecule has 1 unspecified atom stereocenters. The normalized spacial score (nSPS) is 16.0. The number of benzene rings is 2. The summed E-state index contributed by atoms with van der Waals surface area (Å²) in [6, 6.07) is 6.15. The molecular formula is C22H19F6N5O4S. The van der Waals surface area contributed by atoms with Crippen LogP contribution in [0.3, 0.4) is 0 Å². The van der Waals surface area contributed by atoms with Crippen molar-refractivity contribution in [3.63, 3.8) is 0 Å². The Morgan fingerprint density at radius 2 is 1.71 bits per heavy atom. The van der Waals surface area contributed by atoms with Crippen molar-refractivity contribution in [2.24, 2.45) is 0 Å². The van der Waals surface area contributed by atoms with Gasteiger partial charge in [-0.2, -0.15) is 18.2 Å². The van der Waals surface area contributed by atoms with Gasteiger partial charge < -0.3 is 9.64 Å². The van der Waals surface area contributed by atoms with E-state index in [1.54, 1.807) is 4.90 Å². The van der Waals surface area contributed by atoms with Crippen LogP contribution in [-0.2, 0) is 6.18 Å². The van der Waals surface area contributed by atoms with Crippen LogP contribution >= 0.6 is 11.3 Å². The average molecular weight is 563 g/mol. The molecule has 0 aliphatic carbocycles. The number of nitro benzene ring substituents is 1. The fourth-order valence-corrected chi connectivity index (χ4v) is 5.03. The molecule has 0 bridgehead atoms. The third-order valence-corrected chi connectivity index (χ3v) is 6.92. The molecule has 204 valence electrons. The van der Waals surface area contributed by atoms with Crippen LogP contribution in [0.2, 0.25) is 0 Å². The van der Waals surface area contributed by atoms with E-state index in [0.717, 1.165) is 11.3 Å². The smallest absolute Gasteiger partial charge is 0.406 e. The second kappa shape index (κ2) is 10.3. The Labute approximate surface area is 214 Å². The van der Waals surface area contributed by atoms with Gasteiger partial charge in [-0.1, -0.05) is 23.5 Å². The molecular weight excluding hydrogens is 544 g/mol. The minimum absolute atomic E-state index is 0.151. The van der Waals surface area contributed by atoms with Gasteiger partial charge in [-0.15, -0.1) is 13.2 Å². The monoisotopic (exact) mass is 563 g/mol. The number of ether oxygens (including phenoxy) is 1. The van der Waals surface area contributed by atoms with E-state index >= 15 is 0 Å². The van der Waals surface area contributed by atoms with Gasteiger partial charge in [0, 0.05) is 38.3 Å². The van der Waals surface area contributed by atoms with E-state index in [0.29, 0.717) is 43.9 Å². The highest BCUT2D eigenvalue weighted by Crippen LogP contribution is 2.38. The van der Waals surface area contributed by atoms with Gasteiger partial charge in [0.2, 0.25) is 0 Å². The summed E-state index contributed by atoms with van der Waals surface area (Å²) in [6.45, 7) is 3.36. The number of piperazine rings is 1. The van der Waals surface area contributed by atoms with Crippen LogP contribution < -0.4 is 20.6 Å². The van der Waals surface area contributed by atoms with Crippen molar-refractivity contribution >= 4 is 32.2 Å². The Morgan fingerprint density at radius 3 is 2.26 bits per heavy atom. The minimum atomic E-state index is -4.87. The molecule has 1 aromatic heterocycles. The number of nitrogens with one attached hydrogen (secondary N) is 1. The lowest BCUT2D eigenvalue weighted by molar-refractivity contribution is -0.383. The molecule has 1 saturated heterocycles. The van der Waals surface area contributed by atoms with Crippen LogP contribution in [0.4, 0.5) is 37.2 Å². The van der Waals surface area contributed by atoms with Gasteiger partial charge in [0.1, 0.15) is 10.4 Å². The van der Waals surface area contributed by atoms with E-state index < -0.39 is 39.7 Å². The summed E-state index contributed by atoms with van der Waals surface area (Å²) in [5.74, 6) is -0.334. The van der Waals surface area contributed by atoms with Crippen molar-refractivity contribution in [2.45, 2.75) is 25.5 Å². The van der Waals surface area contributed by atoms with E-state index in [1.807, 2.05) is 11.9 Å². The number of hydrogen-bond acceptors (Lipinski definition) is 9. The molecule has 1 fully saturated rings. The highest BCUT2D eigenvalue weighted by molar-refractivity contribution is 7.22. The van der Waals surface area contributed by atoms with Gasteiger partial charge in [-0.05, 0) is 30.7 Å². The van der Waals surface area contributed by atoms with Crippen LogP contribution in [0.15, 0.2) is 41.2 Å². The average Bonchev–Trinajstić information content (AvgIpc) is 2.82. The molecule has 0 spiro atoms. The molecule has 16 heteroatoms. The lowest BCUT2D eigenvalue weighted by atomic mass is 10.1. The van der Waals surface area contributed by atoms with Gasteiger partial charge in [0.25, 0.3) is 11.2 Å². The van der Waals surface area contributed by atoms with Crippen molar-refractivity contribution in [1.82, 2.24) is 15.4 Å². The number of nitro groups is 1. The topological polar surface area (TPSA) is 101 Å². The van der Waals surface area contributed by atoms with Crippen LogP contribution in [0.5, 0.6) is 5.75 Å². The van der Waals surface area contributed by atoms with Crippen LogP contribution in [-0.4, -0.2) is 47.5 Å². The molecule has 3 aromatic rings. The maximum atomic E-state index is 13.2. The minimum Gasteiger partial charge on any atom is -0.406 e. The molecule has 1 aliphatic rings. The SMILES string of the molecule is CC(NN1CCN(c2nc(=O)c3cc(C(F)(F)F)cc([N+](=O)[O-])c3s2)CC1)c1ccc(OC(F)(F)F)cc1. The van der Waals surface area contributed by atoms with E-state index in [1.165, 1.54) is 24.3 Å². The first kappa shape index (κ1) is 27.5. The summed E-state index contributed by atoms with van der Waals surface area (Å²) in [6.07, 6.45) is -9.65. The van der Waals surface area contributed by atoms with Crippen molar-refractivity contribution in [3.05, 3.63) is 68.0 Å². The molecule has 4 rings (SSSR count). The summed E-state index contributed by atoms with van der Waals surface area (Å²) in [7, 11) is 0. The van der Waals surface area contributed by atoms with Gasteiger partial charge in [-0.3, -0.25) is 14.9 Å². The number of rotatable bonds is 6. The Morgan fingerprint density at radius 1 is 1.08 bits per heavy atom. The number of hydrogen-bond donors (Lipinski definition) is 1. The number of alkyl halides is 6. The molecule has 1 atom stereocenters. The summed E-state index contributed by atoms with van der Waals surface area (Å²) in [4.78, 5) is 28.7. The Bertz CT molecular complexity index is 1390. The Hall–Kier alpha value is -3.50. The van der Waals surface area contributed by atoms with E-state index in [9.17, 15) is 41.3 Å². The van der Waals surface area contributed by atoms with Crippen LogP contribution in [0.25, 0.3) is 10.1 Å². The largest absolute Gasteiger partial charge is 0.573 e. The molecule has 1 aliphatic heterocycles. The Kier molecular flexibility index (Phi) is 7.49. The highest BCUT2D eigenvalue weighted by Gasteiger charge is 2.35. The van der Waals surface area contributed by atoms with Crippen molar-refractivity contribution in [3.8, 4) is 5.75 Å². The number of hydrazine groups is 1. The quantitative estimate of drug-likeness (QED) is 0.258. The fraction of sp³-hybridized carbons (Fsp3) is 0.364. The van der Waals surface area contributed by atoms with Crippen molar-refractivity contribution in [2.75, 3.05) is 31.1 Å². The fourth-order valence-electron chi connectivity index (χ4n) is 3.91. The lowest BCUT2D eigenvalue weighted by Crippen LogP contribution is -2.52. The van der Waals surface area contributed by atoms with Crippen molar-refractivity contribution in [1.29, 1.82) is 0 Å². The molecule has 0 saturated carbocycles. The van der Waals surface area contributed by atoms with Crippen LogP contribution in [0, 0.1) is 10.1 Å². The summed E-state index contributed by atoms with van der Waals surface area (Å²) in [5, 5.41) is 13.0. The highest BCUT2D eigenvalue weighted by atomic mass is 32.1. The lowest BCUT2D eigenvalue weighted by Gasteiger charge is -2.36. The van der Waals surface area contributed by atoms with Gasteiger partial charge in [0.15, 0.2) is 5.13 Å². The summed E-state index contributed by atoms with van der Waals surface area (Å²) >= 11 is 0.774. The molecule has 2 heterocycles. The van der Waals surface area contributed by atoms with Gasteiger partial charge in [0.05, 0.1) is 15.9 Å². The number of aromatic nitrogens is 1. The number of fused-ring (bicyclic) bond motifs is 1. The van der Waals surface area contributed by atoms with E-state index in [2.05, 4.69) is 15.1 Å². The standard InChI is InChI=1S/C22H19F6N5O4S/c1-12(13-2-4-15(5-3-13)37-22(26,27)28)30-32-8-6-31(7-9-32)20-29-19(34)16-10-14(21(23,24)25)11-17(33(35)36)18(16)38-20/h2-5,10-12,30H,6-9H2,1H3. The first-order chi connectivity index (χ1) is 17.7. The number of non-ortho nitro benzene ring substituents is 1. The second-order valence-corrected chi connectivity index (χ2v) is 9.35.